The van der Waals surface area contributed by atoms with Crippen molar-refractivity contribution in [2.24, 2.45) is 11.8 Å². The molecule has 0 saturated heterocycles. The molecule has 0 fully saturated rings. The van der Waals surface area contributed by atoms with Crippen LogP contribution in [0.15, 0.2) is 0 Å². The van der Waals surface area contributed by atoms with E-state index in [9.17, 15) is 4.79 Å². The van der Waals surface area contributed by atoms with Crippen molar-refractivity contribution in [1.29, 1.82) is 0 Å². The fraction of sp³-hybridized carbons (Fsp3) is 0.938. The van der Waals surface area contributed by atoms with Crippen LogP contribution < -0.4 is 0 Å². The smallest absolute Gasteiger partial charge is 0.119 e. The zero-order valence-corrected chi connectivity index (χ0v) is 12.2. The highest BCUT2D eigenvalue weighted by molar-refractivity contribution is 5.48. The largest absolute Gasteiger partial charge is 0.303 e. The molecule has 0 aliphatic heterocycles. The third-order valence-electron chi connectivity index (χ3n) is 4.10. The zero-order chi connectivity index (χ0) is 12.9. The molecule has 0 amide bonds. The number of hydrogen-bond acceptors (Lipinski definition) is 1. The first-order valence-electron chi connectivity index (χ1n) is 7.66. The maximum Gasteiger partial charge on any atom is 0.119 e. The van der Waals surface area contributed by atoms with Gasteiger partial charge < -0.3 is 4.79 Å². The summed E-state index contributed by atoms with van der Waals surface area (Å²) in [7, 11) is 0. The summed E-state index contributed by atoms with van der Waals surface area (Å²) in [5, 5.41) is 0. The number of hydrogen-bond donors (Lipinski definition) is 0. The fourth-order valence-corrected chi connectivity index (χ4v) is 2.26. The van der Waals surface area contributed by atoms with Crippen LogP contribution in [0.4, 0.5) is 0 Å². The van der Waals surface area contributed by atoms with Crippen LogP contribution in [-0.2, 0) is 4.79 Å². The van der Waals surface area contributed by atoms with Gasteiger partial charge >= 0.3 is 0 Å². The lowest BCUT2D eigenvalue weighted by Crippen LogP contribution is -2.06. The van der Waals surface area contributed by atoms with Crippen molar-refractivity contribution in [3.8, 4) is 0 Å². The standard InChI is InChI=1S/C16H32O/c1-4-15(2)16(3)13-11-9-7-5-6-8-10-12-14-17/h14-16H,4-13H2,1-3H3. The molecule has 0 bridgehead atoms. The van der Waals surface area contributed by atoms with Crippen LogP contribution in [0.5, 0.6) is 0 Å². The van der Waals surface area contributed by atoms with E-state index in [2.05, 4.69) is 20.8 Å². The van der Waals surface area contributed by atoms with Gasteiger partial charge in [0.05, 0.1) is 0 Å². The molecule has 102 valence electrons. The minimum Gasteiger partial charge on any atom is -0.303 e. The Kier molecular flexibility index (Phi) is 11.9. The van der Waals surface area contributed by atoms with Crippen LogP contribution in [0.25, 0.3) is 0 Å². The maximum absolute atomic E-state index is 10.1. The highest BCUT2D eigenvalue weighted by atomic mass is 16.1. The van der Waals surface area contributed by atoms with Gasteiger partial charge in [-0.25, -0.2) is 0 Å². The first kappa shape index (κ1) is 16.7. The van der Waals surface area contributed by atoms with Gasteiger partial charge in [-0.1, -0.05) is 72.1 Å². The van der Waals surface area contributed by atoms with Gasteiger partial charge in [0.15, 0.2) is 0 Å². The number of unbranched alkanes of at least 4 members (excludes halogenated alkanes) is 7. The second-order valence-corrected chi connectivity index (χ2v) is 5.58. The lowest BCUT2D eigenvalue weighted by molar-refractivity contribution is -0.107. The quantitative estimate of drug-likeness (QED) is 0.331. The van der Waals surface area contributed by atoms with Gasteiger partial charge in [-0.2, -0.15) is 0 Å². The topological polar surface area (TPSA) is 17.1 Å². The van der Waals surface area contributed by atoms with E-state index in [0.717, 1.165) is 31.0 Å². The molecule has 0 aromatic carbocycles. The van der Waals surface area contributed by atoms with Gasteiger partial charge in [0.2, 0.25) is 0 Å². The lowest BCUT2D eigenvalue weighted by atomic mass is 9.89. The van der Waals surface area contributed by atoms with Crippen LogP contribution in [0.1, 0.15) is 85.0 Å². The van der Waals surface area contributed by atoms with E-state index < -0.39 is 0 Å². The number of carbonyl (C=O) groups is 1. The van der Waals surface area contributed by atoms with Crippen LogP contribution in [-0.4, -0.2) is 6.29 Å². The first-order chi connectivity index (χ1) is 8.22. The Hall–Kier alpha value is -0.330. The monoisotopic (exact) mass is 240 g/mol. The highest BCUT2D eigenvalue weighted by Gasteiger charge is 2.08. The van der Waals surface area contributed by atoms with Gasteiger partial charge in [0.1, 0.15) is 6.29 Å². The summed E-state index contributed by atoms with van der Waals surface area (Å²) in [4.78, 5) is 10.1. The van der Waals surface area contributed by atoms with Crippen molar-refractivity contribution < 1.29 is 4.79 Å². The Labute approximate surface area is 108 Å². The van der Waals surface area contributed by atoms with Gasteiger partial charge in [-0.15, -0.1) is 0 Å². The highest BCUT2D eigenvalue weighted by Crippen LogP contribution is 2.21. The molecular weight excluding hydrogens is 208 g/mol. The third-order valence-corrected chi connectivity index (χ3v) is 4.10. The van der Waals surface area contributed by atoms with Gasteiger partial charge in [-0.3, -0.25) is 0 Å². The second kappa shape index (κ2) is 12.1. The van der Waals surface area contributed by atoms with Crippen LogP contribution in [0.3, 0.4) is 0 Å². The summed E-state index contributed by atoms with van der Waals surface area (Å²) in [5.41, 5.74) is 0. The normalized spacial score (nSPS) is 14.5. The van der Waals surface area contributed by atoms with Crippen molar-refractivity contribution in [1.82, 2.24) is 0 Å². The fourth-order valence-electron chi connectivity index (χ4n) is 2.26. The van der Waals surface area contributed by atoms with Crippen LogP contribution in [0.2, 0.25) is 0 Å². The third kappa shape index (κ3) is 10.5. The second-order valence-electron chi connectivity index (χ2n) is 5.58. The van der Waals surface area contributed by atoms with E-state index in [1.54, 1.807) is 0 Å². The Morgan fingerprint density at radius 1 is 0.824 bits per heavy atom. The molecule has 17 heavy (non-hydrogen) atoms. The van der Waals surface area contributed by atoms with Gasteiger partial charge in [0.25, 0.3) is 0 Å². The van der Waals surface area contributed by atoms with Crippen LogP contribution >= 0.6 is 0 Å². The summed E-state index contributed by atoms with van der Waals surface area (Å²) in [6.45, 7) is 7.06. The minimum atomic E-state index is 0.756. The summed E-state index contributed by atoms with van der Waals surface area (Å²) < 4.78 is 0. The van der Waals surface area contributed by atoms with Crippen molar-refractivity contribution >= 4 is 6.29 Å². The zero-order valence-electron chi connectivity index (χ0n) is 12.2. The average molecular weight is 240 g/mol. The molecule has 2 atom stereocenters. The number of aldehydes is 1. The molecule has 1 heteroatoms. The molecule has 1 nitrogen and oxygen atoms in total. The van der Waals surface area contributed by atoms with Crippen LogP contribution in [0, 0.1) is 11.8 Å². The Morgan fingerprint density at radius 2 is 1.35 bits per heavy atom. The molecular formula is C16H32O. The van der Waals surface area contributed by atoms with E-state index in [4.69, 9.17) is 0 Å². The summed E-state index contributed by atoms with van der Waals surface area (Å²) in [6, 6.07) is 0. The van der Waals surface area contributed by atoms with E-state index in [-0.39, 0.29) is 0 Å². The number of carbonyl (C=O) groups excluding carboxylic acids is 1. The molecule has 0 spiro atoms. The molecule has 0 aliphatic carbocycles. The van der Waals surface area contributed by atoms with Crippen molar-refractivity contribution in [3.05, 3.63) is 0 Å². The molecule has 0 aromatic rings. The van der Waals surface area contributed by atoms with Crippen molar-refractivity contribution in [3.63, 3.8) is 0 Å². The molecule has 2 unspecified atom stereocenters. The van der Waals surface area contributed by atoms with Crippen molar-refractivity contribution in [2.45, 2.75) is 85.0 Å². The van der Waals surface area contributed by atoms with Gasteiger partial charge in [0, 0.05) is 6.42 Å². The molecule has 0 rings (SSSR count). The Morgan fingerprint density at radius 3 is 1.88 bits per heavy atom. The summed E-state index contributed by atoms with van der Waals surface area (Å²) in [6.07, 6.45) is 13.7. The first-order valence-corrected chi connectivity index (χ1v) is 7.66. The molecule has 0 radical (unpaired) electrons. The minimum absolute atomic E-state index is 0.756. The Bertz CT molecular complexity index is 165. The molecule has 0 aliphatic rings. The molecule has 0 heterocycles. The Balaban J connectivity index is 3.15. The average Bonchev–Trinajstić information content (AvgIpc) is 2.35. The maximum atomic E-state index is 10.1. The predicted octanol–water partition coefficient (Wildman–Crippen LogP) is 5.38. The lowest BCUT2D eigenvalue weighted by Gasteiger charge is -2.17. The molecule has 0 aromatic heterocycles. The van der Waals surface area contributed by atoms with E-state index >= 15 is 0 Å². The summed E-state index contributed by atoms with van der Waals surface area (Å²) >= 11 is 0. The number of rotatable bonds is 12. The van der Waals surface area contributed by atoms with E-state index in [1.165, 1.54) is 51.4 Å². The molecule has 0 saturated carbocycles. The van der Waals surface area contributed by atoms with Gasteiger partial charge in [-0.05, 0) is 18.3 Å². The van der Waals surface area contributed by atoms with E-state index in [0.29, 0.717) is 0 Å². The van der Waals surface area contributed by atoms with E-state index in [1.807, 2.05) is 0 Å². The predicted molar refractivity (Wildman–Crippen MR) is 76.2 cm³/mol. The summed E-state index contributed by atoms with van der Waals surface area (Å²) in [5.74, 6) is 1.78. The molecule has 0 N–H and O–H groups in total. The SMILES string of the molecule is CCC(C)C(C)CCCCCCCCCC=O. The van der Waals surface area contributed by atoms with Crippen molar-refractivity contribution in [2.75, 3.05) is 0 Å².